The number of nitrogens with one attached hydrogen (secondary N) is 1. The largest absolute Gasteiger partial charge is 0.481 e. The van der Waals surface area contributed by atoms with Gasteiger partial charge in [0.25, 0.3) is 0 Å². The van der Waals surface area contributed by atoms with Crippen molar-refractivity contribution in [2.24, 2.45) is 17.8 Å². The van der Waals surface area contributed by atoms with Crippen molar-refractivity contribution in [3.8, 4) is 0 Å². The van der Waals surface area contributed by atoms with Gasteiger partial charge in [-0.25, -0.2) is 4.79 Å². The Morgan fingerprint density at radius 2 is 2.08 bits per heavy atom. The van der Waals surface area contributed by atoms with Crippen LogP contribution in [0.2, 0.25) is 0 Å². The molecule has 2 unspecified atom stereocenters. The number of methoxy groups -OCH3 is 1. The number of carboxylic acids is 1. The number of carbonyl (C=O) groups is 2. The zero-order valence-electron chi connectivity index (χ0n) is 13.2. The van der Waals surface area contributed by atoms with E-state index in [4.69, 9.17) is 14.6 Å². The minimum atomic E-state index is -4.65. The fraction of sp³-hybridized carbons (Fsp3) is 0.857. The number of hydrogen-bond acceptors (Lipinski definition) is 4. The number of urea groups is 1. The standard InChI is InChI=1S/C14H21F3N2O5/c1-23-11-7-24-3-2-8(11)4-18-13(22)19-5-9(12(20)21)10(6-19)14(15,16)17/h8-11H,2-7H2,1H3,(H,18,22)(H,20,21)/t8?,9-,10-,11?/m1/s1. The third-order valence-electron chi connectivity index (χ3n) is 4.60. The Morgan fingerprint density at radius 1 is 1.38 bits per heavy atom. The Morgan fingerprint density at radius 3 is 2.62 bits per heavy atom. The normalized spacial score (nSPS) is 31.1. The molecule has 138 valence electrons. The summed E-state index contributed by atoms with van der Waals surface area (Å²) in [6, 6.07) is -0.686. The molecule has 0 aliphatic carbocycles. The SMILES string of the molecule is COC1COCCC1CNC(=O)N1C[C@@H](C(F)(F)F)[C@H](C(=O)O)C1. The minimum absolute atomic E-state index is 0.00369. The van der Waals surface area contributed by atoms with Crippen molar-refractivity contribution in [1.82, 2.24) is 10.2 Å². The van der Waals surface area contributed by atoms with E-state index in [-0.39, 0.29) is 18.6 Å². The Bertz CT molecular complexity index is 474. The number of rotatable bonds is 4. The van der Waals surface area contributed by atoms with Gasteiger partial charge in [0, 0.05) is 39.3 Å². The maximum atomic E-state index is 12.9. The van der Waals surface area contributed by atoms with E-state index in [1.54, 1.807) is 0 Å². The summed E-state index contributed by atoms with van der Waals surface area (Å²) >= 11 is 0. The van der Waals surface area contributed by atoms with Crippen molar-refractivity contribution in [2.75, 3.05) is 40.0 Å². The first-order valence-corrected chi connectivity index (χ1v) is 7.66. The summed E-state index contributed by atoms with van der Waals surface area (Å²) in [5, 5.41) is 11.5. The van der Waals surface area contributed by atoms with E-state index >= 15 is 0 Å². The molecule has 0 radical (unpaired) electrons. The molecule has 0 bridgehead atoms. The average Bonchev–Trinajstić information content (AvgIpc) is 2.98. The van der Waals surface area contributed by atoms with E-state index in [1.165, 1.54) is 7.11 Å². The lowest BCUT2D eigenvalue weighted by Gasteiger charge is -2.31. The van der Waals surface area contributed by atoms with Gasteiger partial charge in [-0.3, -0.25) is 4.79 Å². The van der Waals surface area contributed by atoms with Gasteiger partial charge < -0.3 is 24.8 Å². The first-order valence-electron chi connectivity index (χ1n) is 7.66. The van der Waals surface area contributed by atoms with Crippen molar-refractivity contribution in [1.29, 1.82) is 0 Å². The number of hydrogen-bond donors (Lipinski definition) is 2. The van der Waals surface area contributed by atoms with E-state index in [9.17, 15) is 22.8 Å². The third kappa shape index (κ3) is 4.29. The number of carbonyl (C=O) groups excluding carboxylic acids is 1. The van der Waals surface area contributed by atoms with E-state index in [1.807, 2.05) is 0 Å². The van der Waals surface area contributed by atoms with Gasteiger partial charge in [-0.2, -0.15) is 13.2 Å². The summed E-state index contributed by atoms with van der Waals surface area (Å²) in [7, 11) is 1.53. The fourth-order valence-corrected chi connectivity index (χ4v) is 3.13. The van der Waals surface area contributed by atoms with E-state index in [0.717, 1.165) is 4.90 Å². The molecule has 2 rings (SSSR count). The van der Waals surface area contributed by atoms with Crippen LogP contribution in [0.25, 0.3) is 0 Å². The molecule has 2 N–H and O–H groups in total. The Kier molecular flexibility index (Phi) is 5.92. The topological polar surface area (TPSA) is 88.1 Å². The summed E-state index contributed by atoms with van der Waals surface area (Å²) in [4.78, 5) is 24.0. The minimum Gasteiger partial charge on any atom is -0.481 e. The number of aliphatic carboxylic acids is 1. The van der Waals surface area contributed by atoms with Gasteiger partial charge in [-0.1, -0.05) is 0 Å². The van der Waals surface area contributed by atoms with Crippen molar-refractivity contribution in [2.45, 2.75) is 18.7 Å². The molecule has 0 aromatic heterocycles. The molecule has 2 aliphatic heterocycles. The molecule has 0 saturated carbocycles. The molecule has 24 heavy (non-hydrogen) atoms. The highest BCUT2D eigenvalue weighted by atomic mass is 19.4. The molecule has 0 aromatic rings. The van der Waals surface area contributed by atoms with Gasteiger partial charge in [0.2, 0.25) is 0 Å². The highest BCUT2D eigenvalue weighted by molar-refractivity contribution is 5.77. The first kappa shape index (κ1) is 18.8. The molecule has 0 aromatic carbocycles. The van der Waals surface area contributed by atoms with Crippen LogP contribution >= 0.6 is 0 Å². The molecule has 0 spiro atoms. The molecule has 2 heterocycles. The number of likely N-dealkylation sites (tertiary alicyclic amines) is 1. The van der Waals surface area contributed by atoms with Crippen LogP contribution in [-0.2, 0) is 14.3 Å². The summed E-state index contributed by atoms with van der Waals surface area (Å²) in [5.74, 6) is -5.22. The molecule has 2 fully saturated rings. The number of amides is 2. The maximum Gasteiger partial charge on any atom is 0.394 e. The molecule has 2 aliphatic rings. The molecule has 4 atom stereocenters. The number of ether oxygens (including phenoxy) is 2. The lowest BCUT2D eigenvalue weighted by molar-refractivity contribution is -0.187. The molecular formula is C14H21F3N2O5. The molecule has 2 saturated heterocycles. The second-order valence-electron chi connectivity index (χ2n) is 6.08. The van der Waals surface area contributed by atoms with Gasteiger partial charge in [0.05, 0.1) is 24.5 Å². The van der Waals surface area contributed by atoms with Crippen LogP contribution in [0.15, 0.2) is 0 Å². The average molecular weight is 354 g/mol. The quantitative estimate of drug-likeness (QED) is 0.785. The second kappa shape index (κ2) is 7.56. The summed E-state index contributed by atoms with van der Waals surface area (Å²) in [5.41, 5.74) is 0. The second-order valence-corrected chi connectivity index (χ2v) is 6.08. The van der Waals surface area contributed by atoms with Gasteiger partial charge in [-0.15, -0.1) is 0 Å². The van der Waals surface area contributed by atoms with Gasteiger partial charge in [-0.05, 0) is 6.42 Å². The maximum absolute atomic E-state index is 12.9. The predicted molar refractivity (Wildman–Crippen MR) is 75.4 cm³/mol. The number of nitrogens with zero attached hydrogens (tertiary/aromatic N) is 1. The van der Waals surface area contributed by atoms with E-state index < -0.39 is 43.1 Å². The smallest absolute Gasteiger partial charge is 0.394 e. The predicted octanol–water partition coefficient (Wildman–Crippen LogP) is 0.942. The number of alkyl halides is 3. The molecule has 10 heteroatoms. The summed E-state index contributed by atoms with van der Waals surface area (Å²) in [6.07, 6.45) is -4.17. The molecular weight excluding hydrogens is 333 g/mol. The van der Waals surface area contributed by atoms with Crippen LogP contribution in [0, 0.1) is 17.8 Å². The van der Waals surface area contributed by atoms with Crippen LogP contribution in [0.3, 0.4) is 0 Å². The highest BCUT2D eigenvalue weighted by Crippen LogP contribution is 2.37. The third-order valence-corrected chi connectivity index (χ3v) is 4.60. The van der Waals surface area contributed by atoms with E-state index in [0.29, 0.717) is 19.6 Å². The van der Waals surface area contributed by atoms with Crippen LogP contribution in [0.4, 0.5) is 18.0 Å². The van der Waals surface area contributed by atoms with Crippen LogP contribution < -0.4 is 5.32 Å². The lowest BCUT2D eigenvalue weighted by atomic mass is 9.96. The highest BCUT2D eigenvalue weighted by Gasteiger charge is 2.53. The monoisotopic (exact) mass is 354 g/mol. The van der Waals surface area contributed by atoms with Crippen LogP contribution in [-0.4, -0.2) is 74.2 Å². The van der Waals surface area contributed by atoms with Crippen LogP contribution in [0.1, 0.15) is 6.42 Å². The van der Waals surface area contributed by atoms with Crippen molar-refractivity contribution < 1.29 is 37.3 Å². The summed E-state index contributed by atoms with van der Waals surface area (Å²) < 4.78 is 49.3. The Hall–Kier alpha value is -1.55. The van der Waals surface area contributed by atoms with Crippen molar-refractivity contribution >= 4 is 12.0 Å². The van der Waals surface area contributed by atoms with E-state index in [2.05, 4.69) is 5.32 Å². The van der Waals surface area contributed by atoms with Gasteiger partial charge in [0.1, 0.15) is 0 Å². The zero-order valence-corrected chi connectivity index (χ0v) is 13.2. The molecule has 7 nitrogen and oxygen atoms in total. The van der Waals surface area contributed by atoms with Gasteiger partial charge in [0.15, 0.2) is 0 Å². The van der Waals surface area contributed by atoms with Crippen LogP contribution in [0.5, 0.6) is 0 Å². The lowest BCUT2D eigenvalue weighted by Crippen LogP contribution is -2.45. The molecule has 2 amide bonds. The Balaban J connectivity index is 1.92. The number of carboxylic acid groups (broad SMARTS) is 1. The fourth-order valence-electron chi connectivity index (χ4n) is 3.13. The number of halogens is 3. The first-order chi connectivity index (χ1) is 11.2. The summed E-state index contributed by atoms with van der Waals surface area (Å²) in [6.45, 7) is 0.0750. The van der Waals surface area contributed by atoms with Crippen molar-refractivity contribution in [3.05, 3.63) is 0 Å². The zero-order chi connectivity index (χ0) is 17.9. The van der Waals surface area contributed by atoms with Crippen molar-refractivity contribution in [3.63, 3.8) is 0 Å². The van der Waals surface area contributed by atoms with Gasteiger partial charge >= 0.3 is 18.2 Å². The Labute approximate surface area is 137 Å².